The van der Waals surface area contributed by atoms with Crippen molar-refractivity contribution in [3.63, 3.8) is 0 Å². The summed E-state index contributed by atoms with van der Waals surface area (Å²) in [5.41, 5.74) is 1.38. The Labute approximate surface area is 178 Å². The molecule has 30 heavy (non-hydrogen) atoms. The van der Waals surface area contributed by atoms with Crippen molar-refractivity contribution in [1.82, 2.24) is 9.97 Å². The summed E-state index contributed by atoms with van der Waals surface area (Å²) >= 11 is 0. The summed E-state index contributed by atoms with van der Waals surface area (Å²) < 4.78 is 10.7. The maximum absolute atomic E-state index is 12.6. The normalized spacial score (nSPS) is 13.3. The van der Waals surface area contributed by atoms with Crippen LogP contribution in [0.15, 0.2) is 59.5 Å². The lowest BCUT2D eigenvalue weighted by Gasteiger charge is -2.24. The number of aromatic nitrogens is 2. The zero-order chi connectivity index (χ0) is 20.1. The zero-order valence-corrected chi connectivity index (χ0v) is 16.7. The molecule has 3 heterocycles. The van der Waals surface area contributed by atoms with E-state index in [2.05, 4.69) is 20.6 Å². The van der Waals surface area contributed by atoms with Crippen molar-refractivity contribution in [1.29, 1.82) is 0 Å². The SMILES string of the molecule is Cl.O=C(Nc1ccccc1C(=O)Nc1cccnc1)c1coc(N2CCOCC2)n1. The van der Waals surface area contributed by atoms with Crippen molar-refractivity contribution >= 4 is 41.6 Å². The number of carbonyl (C=O) groups excluding carboxylic acids is 2. The molecule has 0 spiro atoms. The molecule has 1 saturated heterocycles. The number of oxazole rings is 1. The van der Waals surface area contributed by atoms with Crippen molar-refractivity contribution in [2.45, 2.75) is 0 Å². The fraction of sp³-hybridized carbons (Fsp3) is 0.200. The first-order chi connectivity index (χ1) is 14.2. The molecule has 10 heteroatoms. The van der Waals surface area contributed by atoms with E-state index in [0.717, 1.165) is 0 Å². The van der Waals surface area contributed by atoms with Gasteiger partial charge in [-0.25, -0.2) is 0 Å². The van der Waals surface area contributed by atoms with Gasteiger partial charge in [0.15, 0.2) is 5.69 Å². The Kier molecular flexibility index (Phi) is 6.99. The van der Waals surface area contributed by atoms with Gasteiger partial charge in [-0.3, -0.25) is 14.6 Å². The first-order valence-electron chi connectivity index (χ1n) is 9.11. The van der Waals surface area contributed by atoms with Crippen molar-refractivity contribution in [2.75, 3.05) is 41.8 Å². The van der Waals surface area contributed by atoms with E-state index in [1.165, 1.54) is 6.26 Å². The van der Waals surface area contributed by atoms with E-state index in [1.807, 2.05) is 4.90 Å². The van der Waals surface area contributed by atoms with Gasteiger partial charge >= 0.3 is 0 Å². The number of nitrogens with zero attached hydrogens (tertiary/aromatic N) is 3. The maximum Gasteiger partial charge on any atom is 0.298 e. The molecule has 2 N–H and O–H groups in total. The van der Waals surface area contributed by atoms with Crippen LogP contribution in [-0.2, 0) is 4.74 Å². The van der Waals surface area contributed by atoms with Gasteiger partial charge in [0.25, 0.3) is 17.8 Å². The molecule has 1 aliphatic rings. The molecule has 0 aliphatic carbocycles. The minimum atomic E-state index is -0.463. The first-order valence-corrected chi connectivity index (χ1v) is 9.11. The molecular weight excluding hydrogens is 410 g/mol. The largest absolute Gasteiger partial charge is 0.431 e. The third kappa shape index (κ3) is 4.94. The van der Waals surface area contributed by atoms with Crippen molar-refractivity contribution in [2.24, 2.45) is 0 Å². The number of ether oxygens (including phenoxy) is 1. The summed E-state index contributed by atoms with van der Waals surface area (Å²) in [6, 6.07) is 10.6. The molecule has 0 atom stereocenters. The van der Waals surface area contributed by atoms with Crippen molar-refractivity contribution in [3.05, 3.63) is 66.3 Å². The van der Waals surface area contributed by atoms with Gasteiger partial charge in [-0.15, -0.1) is 12.4 Å². The van der Waals surface area contributed by atoms with E-state index < -0.39 is 5.91 Å². The number of benzene rings is 1. The third-order valence-electron chi connectivity index (χ3n) is 4.35. The number of pyridine rings is 1. The molecule has 0 saturated carbocycles. The molecule has 3 aromatic rings. The van der Waals surface area contributed by atoms with Crippen LogP contribution in [0.1, 0.15) is 20.8 Å². The van der Waals surface area contributed by atoms with Crippen LogP contribution in [0.25, 0.3) is 0 Å². The highest BCUT2D eigenvalue weighted by Gasteiger charge is 2.20. The number of hydrogen-bond donors (Lipinski definition) is 2. The molecule has 0 bridgehead atoms. The highest BCUT2D eigenvalue weighted by molar-refractivity contribution is 6.12. The fourth-order valence-electron chi connectivity index (χ4n) is 2.88. The molecule has 1 fully saturated rings. The molecular formula is C20H20ClN5O4. The Balaban J connectivity index is 0.00000256. The lowest BCUT2D eigenvalue weighted by atomic mass is 10.1. The highest BCUT2D eigenvalue weighted by Crippen LogP contribution is 2.20. The Morgan fingerprint density at radius 3 is 2.57 bits per heavy atom. The van der Waals surface area contributed by atoms with E-state index in [9.17, 15) is 9.59 Å². The Hall–Kier alpha value is -3.43. The number of anilines is 3. The number of rotatable bonds is 5. The van der Waals surface area contributed by atoms with Crippen LogP contribution in [0.3, 0.4) is 0 Å². The molecule has 1 aromatic carbocycles. The summed E-state index contributed by atoms with van der Waals surface area (Å²) in [6.45, 7) is 2.48. The van der Waals surface area contributed by atoms with Crippen molar-refractivity contribution < 1.29 is 18.7 Å². The average Bonchev–Trinajstić information content (AvgIpc) is 3.26. The summed E-state index contributed by atoms with van der Waals surface area (Å²) in [5, 5.41) is 5.48. The standard InChI is InChI=1S/C20H19N5O4.ClH/c26-18(22-14-4-3-7-21-12-14)15-5-1-2-6-16(15)23-19(27)17-13-29-20(24-17)25-8-10-28-11-9-25;/h1-7,12-13H,8-11H2,(H,22,26)(H,23,27);1H. The van der Waals surface area contributed by atoms with Gasteiger partial charge in [0, 0.05) is 19.3 Å². The van der Waals surface area contributed by atoms with Crippen molar-refractivity contribution in [3.8, 4) is 0 Å². The van der Waals surface area contributed by atoms with E-state index >= 15 is 0 Å². The third-order valence-corrected chi connectivity index (χ3v) is 4.35. The molecule has 0 radical (unpaired) electrons. The summed E-state index contributed by atoms with van der Waals surface area (Å²) in [6.07, 6.45) is 4.47. The summed E-state index contributed by atoms with van der Waals surface area (Å²) in [5.74, 6) is -0.821. The second-order valence-corrected chi connectivity index (χ2v) is 6.31. The number of halogens is 1. The van der Waals surface area contributed by atoms with Gasteiger partial charge in [-0.2, -0.15) is 4.98 Å². The number of hydrogen-bond acceptors (Lipinski definition) is 7. The average molecular weight is 430 g/mol. The minimum absolute atomic E-state index is 0. The monoisotopic (exact) mass is 429 g/mol. The maximum atomic E-state index is 12.6. The minimum Gasteiger partial charge on any atom is -0.431 e. The number of morpholine rings is 1. The Morgan fingerprint density at radius 1 is 1.00 bits per heavy atom. The molecule has 9 nitrogen and oxygen atoms in total. The van der Waals surface area contributed by atoms with E-state index in [-0.39, 0.29) is 24.0 Å². The van der Waals surface area contributed by atoms with Crippen LogP contribution in [0.5, 0.6) is 0 Å². The van der Waals surface area contributed by atoms with Gasteiger partial charge in [0.2, 0.25) is 0 Å². The van der Waals surface area contributed by atoms with E-state index in [1.54, 1.807) is 48.8 Å². The summed E-state index contributed by atoms with van der Waals surface area (Å²) in [7, 11) is 0. The quantitative estimate of drug-likeness (QED) is 0.641. The lowest BCUT2D eigenvalue weighted by molar-refractivity contribution is 0.102. The van der Waals surface area contributed by atoms with Crippen LogP contribution in [0, 0.1) is 0 Å². The van der Waals surface area contributed by atoms with Crippen LogP contribution >= 0.6 is 12.4 Å². The first kappa shape index (κ1) is 21.3. The number of carbonyl (C=O) groups is 2. The van der Waals surface area contributed by atoms with Gasteiger partial charge in [0.1, 0.15) is 6.26 Å². The smallest absolute Gasteiger partial charge is 0.298 e. The topological polar surface area (TPSA) is 110 Å². The number of nitrogens with one attached hydrogen (secondary N) is 2. The predicted octanol–water partition coefficient (Wildman–Crippen LogP) is 2.83. The molecule has 2 aromatic heterocycles. The summed E-state index contributed by atoms with van der Waals surface area (Å²) in [4.78, 5) is 35.4. The van der Waals surface area contributed by atoms with Crippen LogP contribution in [0.4, 0.5) is 17.4 Å². The Bertz CT molecular complexity index is 1010. The van der Waals surface area contributed by atoms with Gasteiger partial charge in [-0.1, -0.05) is 12.1 Å². The molecule has 156 valence electrons. The Morgan fingerprint density at radius 2 is 1.80 bits per heavy atom. The van der Waals surface area contributed by atoms with Gasteiger partial charge in [0.05, 0.1) is 36.3 Å². The molecule has 2 amide bonds. The second kappa shape index (κ2) is 9.86. The fourth-order valence-corrected chi connectivity index (χ4v) is 2.88. The molecule has 1 aliphatic heterocycles. The molecule has 0 unspecified atom stereocenters. The van der Waals surface area contributed by atoms with Crippen LogP contribution in [0.2, 0.25) is 0 Å². The van der Waals surface area contributed by atoms with Crippen LogP contribution in [-0.4, -0.2) is 48.1 Å². The predicted molar refractivity (Wildman–Crippen MR) is 113 cm³/mol. The molecule has 4 rings (SSSR count). The van der Waals surface area contributed by atoms with Gasteiger partial charge in [-0.05, 0) is 24.3 Å². The van der Waals surface area contributed by atoms with E-state index in [0.29, 0.717) is 49.3 Å². The lowest BCUT2D eigenvalue weighted by Crippen LogP contribution is -2.36. The van der Waals surface area contributed by atoms with Gasteiger partial charge < -0.3 is 24.7 Å². The zero-order valence-electron chi connectivity index (χ0n) is 15.9. The van der Waals surface area contributed by atoms with Crippen LogP contribution < -0.4 is 15.5 Å². The second-order valence-electron chi connectivity index (χ2n) is 6.31. The highest BCUT2D eigenvalue weighted by atomic mass is 35.5. The van der Waals surface area contributed by atoms with E-state index in [4.69, 9.17) is 9.15 Å². The number of para-hydroxylation sites is 1. The number of amides is 2.